The molecule has 0 fully saturated rings. The fourth-order valence-electron chi connectivity index (χ4n) is 4.49. The van der Waals surface area contributed by atoms with Crippen molar-refractivity contribution in [1.29, 1.82) is 0 Å². The van der Waals surface area contributed by atoms with E-state index in [0.717, 1.165) is 55.3 Å². The van der Waals surface area contributed by atoms with E-state index in [1.54, 1.807) is 0 Å². The average Bonchev–Trinajstić information content (AvgIpc) is 3.36. The Morgan fingerprint density at radius 1 is 0.467 bits per heavy atom. The molecule has 0 bridgehead atoms. The molecule has 30 heavy (non-hydrogen) atoms. The fraction of sp³-hybridized carbons (Fsp3) is 0. The lowest BCUT2D eigenvalue weighted by atomic mass is 10.1. The van der Waals surface area contributed by atoms with Gasteiger partial charge in [-0.15, -0.1) is 0 Å². The third-order valence-electron chi connectivity index (χ3n) is 5.76. The summed E-state index contributed by atoms with van der Waals surface area (Å²) in [7, 11) is 0. The van der Waals surface area contributed by atoms with Crippen LogP contribution in [0.1, 0.15) is 0 Å². The maximum absolute atomic E-state index is 5.02. The normalized spacial score (nSPS) is 12.0. The molecular weight excluding hydrogens is 370 g/mol. The summed E-state index contributed by atoms with van der Waals surface area (Å²) in [5.41, 5.74) is 7.50. The molecule has 0 saturated heterocycles. The average molecular weight is 385 g/mol. The summed E-state index contributed by atoms with van der Waals surface area (Å²) in [5.74, 6) is 0. The molecule has 7 aromatic rings. The minimum absolute atomic E-state index is 0.793. The van der Waals surface area contributed by atoms with Crippen molar-refractivity contribution >= 4 is 55.3 Å². The molecule has 5 heteroatoms. The van der Waals surface area contributed by atoms with Gasteiger partial charge in [0.1, 0.15) is 5.65 Å². The fourth-order valence-corrected chi connectivity index (χ4v) is 4.49. The third-order valence-corrected chi connectivity index (χ3v) is 5.76. The molecule has 0 atom stereocenters. The van der Waals surface area contributed by atoms with Crippen LogP contribution in [-0.2, 0) is 0 Å². The maximum Gasteiger partial charge on any atom is 0.183 e. The largest absolute Gasteiger partial charge is 0.289 e. The van der Waals surface area contributed by atoms with Crippen LogP contribution in [0.4, 0.5) is 0 Å². The Kier molecular flexibility index (Phi) is 2.94. The first kappa shape index (κ1) is 15.6. The minimum Gasteiger partial charge on any atom is -0.289 e. The summed E-state index contributed by atoms with van der Waals surface area (Å²) in [4.78, 5) is 14.8. The molecule has 0 N–H and O–H groups in total. The molecule has 0 saturated carbocycles. The van der Waals surface area contributed by atoms with Gasteiger partial charge in [-0.1, -0.05) is 42.5 Å². The molecule has 140 valence electrons. The van der Waals surface area contributed by atoms with Gasteiger partial charge < -0.3 is 0 Å². The van der Waals surface area contributed by atoms with Gasteiger partial charge in [-0.05, 0) is 42.5 Å². The van der Waals surface area contributed by atoms with E-state index in [-0.39, 0.29) is 0 Å². The molecule has 4 aromatic heterocycles. The van der Waals surface area contributed by atoms with Gasteiger partial charge in [0.25, 0.3) is 0 Å². The zero-order valence-corrected chi connectivity index (χ0v) is 15.9. The molecule has 0 aliphatic carbocycles. The number of rotatable bonds is 0. The van der Waals surface area contributed by atoms with E-state index in [4.69, 9.17) is 15.0 Å². The van der Waals surface area contributed by atoms with Gasteiger partial charge in [-0.25, -0.2) is 15.0 Å². The predicted molar refractivity (Wildman–Crippen MR) is 121 cm³/mol. The van der Waals surface area contributed by atoms with Gasteiger partial charge in [0.05, 0.1) is 27.6 Å². The molecule has 4 heterocycles. The second kappa shape index (κ2) is 5.64. The number of pyridine rings is 1. The first-order valence-corrected chi connectivity index (χ1v) is 9.91. The molecule has 5 nitrogen and oxygen atoms in total. The van der Waals surface area contributed by atoms with Crippen LogP contribution in [0, 0.1) is 0 Å². The van der Waals surface area contributed by atoms with Gasteiger partial charge >= 0.3 is 0 Å². The Hall–Kier alpha value is -4.25. The van der Waals surface area contributed by atoms with Gasteiger partial charge in [0.2, 0.25) is 0 Å². The number of benzene rings is 3. The van der Waals surface area contributed by atoms with Crippen LogP contribution in [0.15, 0.2) is 91.1 Å². The smallest absolute Gasteiger partial charge is 0.183 e. The van der Waals surface area contributed by atoms with Crippen molar-refractivity contribution in [1.82, 2.24) is 23.8 Å². The van der Waals surface area contributed by atoms with E-state index >= 15 is 0 Å². The number of hydrogen-bond acceptors (Lipinski definition) is 3. The highest BCUT2D eigenvalue weighted by Crippen LogP contribution is 2.30. The van der Waals surface area contributed by atoms with Crippen molar-refractivity contribution < 1.29 is 0 Å². The minimum atomic E-state index is 0.793. The lowest BCUT2D eigenvalue weighted by Gasteiger charge is -2.07. The monoisotopic (exact) mass is 385 g/mol. The van der Waals surface area contributed by atoms with Crippen molar-refractivity contribution in [2.24, 2.45) is 0 Å². The molecule has 0 amide bonds. The first-order chi connectivity index (χ1) is 14.9. The highest BCUT2D eigenvalue weighted by atomic mass is 15.1. The highest BCUT2D eigenvalue weighted by molar-refractivity contribution is 6.06. The Labute approximate surface area is 170 Å². The van der Waals surface area contributed by atoms with Gasteiger partial charge in [0.15, 0.2) is 11.3 Å². The van der Waals surface area contributed by atoms with Crippen LogP contribution in [0.3, 0.4) is 0 Å². The molecule has 0 aliphatic heterocycles. The third kappa shape index (κ3) is 1.93. The number of hydrogen-bond donors (Lipinski definition) is 0. The summed E-state index contributed by atoms with van der Waals surface area (Å²) in [6, 6.07) is 29.0. The van der Waals surface area contributed by atoms with E-state index in [0.29, 0.717) is 0 Å². The zero-order valence-electron chi connectivity index (χ0n) is 15.9. The highest BCUT2D eigenvalue weighted by Gasteiger charge is 2.16. The van der Waals surface area contributed by atoms with E-state index in [1.165, 1.54) is 0 Å². The topological polar surface area (TPSA) is 47.5 Å². The quantitative estimate of drug-likeness (QED) is 0.344. The molecule has 0 aliphatic rings. The number of para-hydroxylation sites is 5. The number of fused-ring (bicyclic) bond motifs is 12. The van der Waals surface area contributed by atoms with Gasteiger partial charge in [0, 0.05) is 17.0 Å². The lowest BCUT2D eigenvalue weighted by molar-refractivity contribution is 1.20. The van der Waals surface area contributed by atoms with E-state index in [2.05, 4.69) is 57.3 Å². The summed E-state index contributed by atoms with van der Waals surface area (Å²) in [6.45, 7) is 0. The van der Waals surface area contributed by atoms with Crippen molar-refractivity contribution in [2.75, 3.05) is 0 Å². The molecule has 0 radical (unpaired) electrons. The standard InChI is InChI=1S/C25H15N5/c1-4-12-20-16(8-1)17-9-7-15-26-23(17)30-22-14-6-3-11-19(22)28-25(30)24-27-18-10-2-5-13-21(18)29(20)24/h1-15H. The van der Waals surface area contributed by atoms with Crippen molar-refractivity contribution in [3.05, 3.63) is 91.1 Å². The van der Waals surface area contributed by atoms with E-state index in [1.807, 2.05) is 42.6 Å². The Balaban J connectivity index is 1.99. The molecule has 0 spiro atoms. The van der Waals surface area contributed by atoms with E-state index < -0.39 is 0 Å². The summed E-state index contributed by atoms with van der Waals surface area (Å²) >= 11 is 0. The van der Waals surface area contributed by atoms with Crippen molar-refractivity contribution in [2.45, 2.75) is 0 Å². The SMILES string of the molecule is c1ccc2c(c1)nc1c3nc4ccccc4n3c3ncccc3c3ccccc3n21. The van der Waals surface area contributed by atoms with Crippen LogP contribution in [0.25, 0.3) is 55.3 Å². The summed E-state index contributed by atoms with van der Waals surface area (Å²) in [5, 5.41) is 2.19. The van der Waals surface area contributed by atoms with Crippen molar-refractivity contribution in [3.8, 4) is 0 Å². The van der Waals surface area contributed by atoms with E-state index in [9.17, 15) is 0 Å². The first-order valence-electron chi connectivity index (χ1n) is 9.91. The number of nitrogens with zero attached hydrogens (tertiary/aromatic N) is 5. The van der Waals surface area contributed by atoms with Crippen LogP contribution in [-0.4, -0.2) is 23.8 Å². The maximum atomic E-state index is 5.02. The van der Waals surface area contributed by atoms with Gasteiger partial charge in [-0.3, -0.25) is 8.80 Å². The molecular formula is C25H15N5. The summed E-state index contributed by atoms with van der Waals surface area (Å²) < 4.78 is 4.36. The van der Waals surface area contributed by atoms with Crippen LogP contribution in [0.2, 0.25) is 0 Å². The second-order valence-corrected chi connectivity index (χ2v) is 7.41. The Bertz CT molecular complexity index is 1670. The van der Waals surface area contributed by atoms with Crippen LogP contribution < -0.4 is 0 Å². The van der Waals surface area contributed by atoms with Crippen LogP contribution in [0.5, 0.6) is 0 Å². The van der Waals surface area contributed by atoms with Crippen molar-refractivity contribution in [3.63, 3.8) is 0 Å². The Morgan fingerprint density at radius 3 is 1.80 bits per heavy atom. The zero-order chi connectivity index (χ0) is 19.7. The molecule has 7 rings (SSSR count). The number of imidazole rings is 2. The van der Waals surface area contributed by atoms with Crippen LogP contribution >= 0.6 is 0 Å². The lowest BCUT2D eigenvalue weighted by Crippen LogP contribution is -1.95. The predicted octanol–water partition coefficient (Wildman–Crippen LogP) is 5.55. The van der Waals surface area contributed by atoms with Gasteiger partial charge in [-0.2, -0.15) is 0 Å². The Morgan fingerprint density at radius 2 is 1.03 bits per heavy atom. The second-order valence-electron chi connectivity index (χ2n) is 7.41. The molecule has 0 unspecified atom stereocenters. The summed E-state index contributed by atoms with van der Waals surface area (Å²) in [6.07, 6.45) is 1.84. The molecule has 3 aromatic carbocycles. The number of aromatic nitrogens is 5.